The maximum Gasteiger partial charge on any atom is 0.0205 e. The summed E-state index contributed by atoms with van der Waals surface area (Å²) in [6.07, 6.45) is 8.19. The third-order valence-corrected chi connectivity index (χ3v) is 3.85. The summed E-state index contributed by atoms with van der Waals surface area (Å²) in [4.78, 5) is 0. The normalized spacial score (nSPS) is 11.1. The zero-order chi connectivity index (χ0) is 14.0. The van der Waals surface area contributed by atoms with Crippen molar-refractivity contribution in [3.05, 3.63) is 48.0 Å². The highest BCUT2D eigenvalue weighted by Gasteiger charge is 1.96. The molecule has 0 aromatic heterocycles. The van der Waals surface area contributed by atoms with Crippen LogP contribution in [0.25, 0.3) is 10.8 Å². The molecule has 0 heterocycles. The van der Waals surface area contributed by atoms with Crippen molar-refractivity contribution in [1.29, 1.82) is 0 Å². The van der Waals surface area contributed by atoms with Crippen LogP contribution >= 0.6 is 0 Å². The van der Waals surface area contributed by atoms with Crippen LogP contribution in [0.15, 0.2) is 42.5 Å². The lowest BCUT2D eigenvalue weighted by Gasteiger charge is -2.06. The molecule has 0 spiro atoms. The van der Waals surface area contributed by atoms with Gasteiger partial charge < -0.3 is 5.32 Å². The molecule has 1 nitrogen and oxygen atoms in total. The van der Waals surface area contributed by atoms with Crippen LogP contribution in [0.2, 0.25) is 0 Å². The molecule has 0 saturated carbocycles. The molecule has 2 aromatic rings. The van der Waals surface area contributed by atoms with Crippen LogP contribution in [0.4, 0.5) is 0 Å². The van der Waals surface area contributed by atoms with E-state index in [0.29, 0.717) is 0 Å². The first-order valence-electron chi connectivity index (χ1n) is 8.08. The van der Waals surface area contributed by atoms with Crippen molar-refractivity contribution in [2.75, 3.05) is 6.54 Å². The molecule has 0 aliphatic carbocycles. The third-order valence-electron chi connectivity index (χ3n) is 3.85. The number of fused-ring (bicyclic) bond motifs is 1. The van der Waals surface area contributed by atoms with E-state index in [2.05, 4.69) is 54.7 Å². The monoisotopic (exact) mass is 269 g/mol. The molecule has 0 saturated heterocycles. The van der Waals surface area contributed by atoms with Gasteiger partial charge in [0.1, 0.15) is 0 Å². The lowest BCUT2D eigenvalue weighted by Crippen LogP contribution is -2.14. The van der Waals surface area contributed by atoms with E-state index >= 15 is 0 Å². The number of unbranched alkanes of at least 4 members (excludes halogenated alkanes) is 5. The second-order valence-corrected chi connectivity index (χ2v) is 5.63. The van der Waals surface area contributed by atoms with E-state index < -0.39 is 0 Å². The average Bonchev–Trinajstić information content (AvgIpc) is 2.50. The molecule has 20 heavy (non-hydrogen) atoms. The largest absolute Gasteiger partial charge is 0.313 e. The molecular weight excluding hydrogens is 242 g/mol. The van der Waals surface area contributed by atoms with E-state index in [0.717, 1.165) is 13.1 Å². The van der Waals surface area contributed by atoms with E-state index in [9.17, 15) is 0 Å². The first kappa shape index (κ1) is 15.1. The van der Waals surface area contributed by atoms with E-state index in [-0.39, 0.29) is 0 Å². The van der Waals surface area contributed by atoms with Crippen LogP contribution in [0, 0.1) is 0 Å². The van der Waals surface area contributed by atoms with E-state index in [1.165, 1.54) is 54.9 Å². The van der Waals surface area contributed by atoms with Crippen LogP contribution in [0.5, 0.6) is 0 Å². The highest BCUT2D eigenvalue weighted by Crippen LogP contribution is 2.15. The van der Waals surface area contributed by atoms with Crippen molar-refractivity contribution in [1.82, 2.24) is 5.32 Å². The Morgan fingerprint density at radius 2 is 1.55 bits per heavy atom. The van der Waals surface area contributed by atoms with Crippen molar-refractivity contribution >= 4 is 10.8 Å². The number of hydrogen-bond acceptors (Lipinski definition) is 1. The van der Waals surface area contributed by atoms with Crippen LogP contribution in [0.3, 0.4) is 0 Å². The van der Waals surface area contributed by atoms with Crippen LogP contribution in [0.1, 0.15) is 51.0 Å². The summed E-state index contributed by atoms with van der Waals surface area (Å²) < 4.78 is 0. The van der Waals surface area contributed by atoms with Gasteiger partial charge in [-0.15, -0.1) is 0 Å². The van der Waals surface area contributed by atoms with Crippen LogP contribution < -0.4 is 5.32 Å². The SMILES string of the molecule is CCCCCCCCNCc1ccc2ccccc2c1. The van der Waals surface area contributed by atoms with Crippen molar-refractivity contribution in [3.63, 3.8) is 0 Å². The van der Waals surface area contributed by atoms with Gasteiger partial charge in [0.25, 0.3) is 0 Å². The van der Waals surface area contributed by atoms with E-state index in [1.54, 1.807) is 0 Å². The average molecular weight is 269 g/mol. The number of nitrogens with one attached hydrogen (secondary N) is 1. The fourth-order valence-corrected chi connectivity index (χ4v) is 2.61. The highest BCUT2D eigenvalue weighted by molar-refractivity contribution is 5.82. The van der Waals surface area contributed by atoms with Gasteiger partial charge in [0.2, 0.25) is 0 Å². The van der Waals surface area contributed by atoms with Crippen molar-refractivity contribution < 1.29 is 0 Å². The maximum absolute atomic E-state index is 3.56. The summed E-state index contributed by atoms with van der Waals surface area (Å²) in [5, 5.41) is 6.22. The molecule has 1 heteroatoms. The first-order valence-corrected chi connectivity index (χ1v) is 8.08. The molecule has 0 fully saturated rings. The molecule has 108 valence electrons. The van der Waals surface area contributed by atoms with E-state index in [1.807, 2.05) is 0 Å². The molecule has 2 rings (SSSR count). The fourth-order valence-electron chi connectivity index (χ4n) is 2.61. The smallest absolute Gasteiger partial charge is 0.0205 e. The second kappa shape index (κ2) is 8.76. The molecule has 2 aromatic carbocycles. The minimum Gasteiger partial charge on any atom is -0.313 e. The molecular formula is C19H27N. The van der Waals surface area contributed by atoms with Gasteiger partial charge in [-0.3, -0.25) is 0 Å². The molecule has 0 radical (unpaired) electrons. The summed E-state index contributed by atoms with van der Waals surface area (Å²) in [6, 6.07) is 15.3. The highest BCUT2D eigenvalue weighted by atomic mass is 14.8. The predicted molar refractivity (Wildman–Crippen MR) is 89.0 cm³/mol. The maximum atomic E-state index is 3.56. The Balaban J connectivity index is 1.65. The van der Waals surface area contributed by atoms with Crippen molar-refractivity contribution in [2.24, 2.45) is 0 Å². The fraction of sp³-hybridized carbons (Fsp3) is 0.474. The van der Waals surface area contributed by atoms with Crippen LogP contribution in [-0.4, -0.2) is 6.54 Å². The summed E-state index contributed by atoms with van der Waals surface area (Å²) in [5.41, 5.74) is 1.38. The van der Waals surface area contributed by atoms with Gasteiger partial charge in [-0.1, -0.05) is 75.4 Å². The zero-order valence-corrected chi connectivity index (χ0v) is 12.7. The zero-order valence-electron chi connectivity index (χ0n) is 12.7. The Labute approximate surface area is 123 Å². The molecule has 0 amide bonds. The Morgan fingerprint density at radius 1 is 0.800 bits per heavy atom. The van der Waals surface area contributed by atoms with Gasteiger partial charge in [-0.25, -0.2) is 0 Å². The summed E-state index contributed by atoms with van der Waals surface area (Å²) in [5.74, 6) is 0. The number of hydrogen-bond donors (Lipinski definition) is 1. The van der Waals surface area contributed by atoms with Gasteiger partial charge in [0.15, 0.2) is 0 Å². The Morgan fingerprint density at radius 3 is 2.40 bits per heavy atom. The number of rotatable bonds is 9. The Kier molecular flexibility index (Phi) is 6.59. The molecule has 0 bridgehead atoms. The lowest BCUT2D eigenvalue weighted by molar-refractivity contribution is 0.572. The standard InChI is InChI=1S/C19H27N/c1-2-3-4-5-6-9-14-20-16-17-12-13-18-10-7-8-11-19(18)15-17/h7-8,10-13,15,20H,2-6,9,14,16H2,1H3. The van der Waals surface area contributed by atoms with Crippen LogP contribution in [-0.2, 0) is 6.54 Å². The summed E-state index contributed by atoms with van der Waals surface area (Å²) >= 11 is 0. The Hall–Kier alpha value is -1.34. The van der Waals surface area contributed by atoms with Gasteiger partial charge >= 0.3 is 0 Å². The second-order valence-electron chi connectivity index (χ2n) is 5.63. The van der Waals surface area contributed by atoms with E-state index in [4.69, 9.17) is 0 Å². The minimum atomic E-state index is 0.986. The predicted octanol–water partition coefficient (Wildman–Crippen LogP) is 5.29. The topological polar surface area (TPSA) is 12.0 Å². The molecule has 0 aliphatic heterocycles. The quantitative estimate of drug-likeness (QED) is 0.610. The molecule has 0 aliphatic rings. The first-order chi connectivity index (χ1) is 9.90. The Bertz CT molecular complexity index is 504. The number of benzene rings is 2. The van der Waals surface area contributed by atoms with Gasteiger partial charge in [-0.05, 0) is 35.4 Å². The van der Waals surface area contributed by atoms with Crippen molar-refractivity contribution in [2.45, 2.75) is 52.0 Å². The van der Waals surface area contributed by atoms with Crippen molar-refractivity contribution in [3.8, 4) is 0 Å². The van der Waals surface area contributed by atoms with Gasteiger partial charge in [-0.2, -0.15) is 0 Å². The van der Waals surface area contributed by atoms with Gasteiger partial charge in [0, 0.05) is 6.54 Å². The summed E-state index contributed by atoms with van der Waals surface area (Å²) in [7, 11) is 0. The third kappa shape index (κ3) is 4.97. The summed E-state index contributed by atoms with van der Waals surface area (Å²) in [6.45, 7) is 4.39. The molecule has 1 N–H and O–H groups in total. The minimum absolute atomic E-state index is 0.986. The lowest BCUT2D eigenvalue weighted by atomic mass is 10.1. The van der Waals surface area contributed by atoms with Gasteiger partial charge in [0.05, 0.1) is 0 Å². The molecule has 0 atom stereocenters. The molecule has 0 unspecified atom stereocenters.